The summed E-state index contributed by atoms with van der Waals surface area (Å²) in [7, 11) is 0. The molecule has 6 rings (SSSR count). The molecule has 2 fully saturated rings. The van der Waals surface area contributed by atoms with Crippen molar-refractivity contribution in [1.82, 2.24) is 24.8 Å². The second-order valence-electron chi connectivity index (χ2n) is 10.9. The molecule has 4 aliphatic heterocycles. The van der Waals surface area contributed by atoms with Crippen LogP contribution in [-0.4, -0.2) is 91.2 Å². The van der Waals surface area contributed by atoms with Crippen LogP contribution in [0.5, 0.6) is 0 Å². The van der Waals surface area contributed by atoms with E-state index in [2.05, 4.69) is 10.3 Å². The molecule has 5 atom stereocenters. The number of hydrogen-bond donors (Lipinski definition) is 1. The first-order valence-electron chi connectivity index (χ1n) is 13.6. The van der Waals surface area contributed by atoms with E-state index in [0.717, 1.165) is 11.0 Å². The number of likely N-dealkylation sites (tertiary alicyclic amines) is 1. The first kappa shape index (κ1) is 25.7. The van der Waals surface area contributed by atoms with Crippen LogP contribution >= 0.6 is 0 Å². The number of aromatic nitrogens is 3. The third kappa shape index (κ3) is 4.06. The number of nitrogens with zero attached hydrogens (tertiary/aromatic N) is 5. The van der Waals surface area contributed by atoms with Gasteiger partial charge in [-0.05, 0) is 44.7 Å². The van der Waals surface area contributed by atoms with Gasteiger partial charge in [-0.2, -0.15) is 0 Å². The van der Waals surface area contributed by atoms with Gasteiger partial charge in [0.25, 0.3) is 5.91 Å². The average Bonchev–Trinajstić information content (AvgIpc) is 3.47. The van der Waals surface area contributed by atoms with E-state index < -0.39 is 35.0 Å². The molecule has 206 valence electrons. The van der Waals surface area contributed by atoms with Crippen molar-refractivity contribution < 1.29 is 29.0 Å². The Labute approximate surface area is 226 Å². The second-order valence-corrected chi connectivity index (χ2v) is 10.9. The number of benzene rings is 1. The molecule has 0 radical (unpaired) electrons. The number of rotatable bonds is 7. The van der Waals surface area contributed by atoms with E-state index in [4.69, 9.17) is 9.47 Å². The largest absolute Gasteiger partial charge is 0.465 e. The highest BCUT2D eigenvalue weighted by Gasteiger charge is 2.74. The lowest BCUT2D eigenvalue weighted by molar-refractivity contribution is -0.160. The maximum Gasteiger partial charge on any atom is 0.313 e. The molecule has 2 amide bonds. The molecule has 0 saturated carbocycles. The molecule has 2 aromatic rings. The first-order valence-corrected chi connectivity index (χ1v) is 13.6. The summed E-state index contributed by atoms with van der Waals surface area (Å²) in [6, 6.07) is 6.57. The lowest BCUT2D eigenvalue weighted by Gasteiger charge is -2.37. The van der Waals surface area contributed by atoms with Crippen LogP contribution in [0, 0.1) is 11.8 Å². The molecular weight excluding hydrogens is 502 g/mol. The predicted octanol–water partition coefficient (Wildman–Crippen LogP) is 1.42. The Bertz CT molecular complexity index is 1350. The average molecular weight is 536 g/mol. The molecule has 11 nitrogen and oxygen atoms in total. The van der Waals surface area contributed by atoms with Crippen molar-refractivity contribution in [3.05, 3.63) is 48.6 Å². The number of esters is 1. The number of hydrogen-bond acceptors (Lipinski definition) is 8. The number of aliphatic hydroxyl groups excluding tert-OH is 1. The lowest BCUT2D eigenvalue weighted by atomic mass is 9.74. The molecule has 5 heterocycles. The zero-order valence-electron chi connectivity index (χ0n) is 21.9. The Morgan fingerprint density at radius 1 is 1.05 bits per heavy atom. The summed E-state index contributed by atoms with van der Waals surface area (Å²) in [5.41, 5.74) is -0.897. The highest BCUT2D eigenvalue weighted by atomic mass is 16.6. The third-order valence-corrected chi connectivity index (χ3v) is 8.39. The topological polar surface area (TPSA) is 127 Å². The number of carbonyl (C=O) groups excluding carboxylic acids is 3. The maximum atomic E-state index is 14.4. The van der Waals surface area contributed by atoms with Crippen molar-refractivity contribution in [2.45, 2.75) is 56.5 Å². The third-order valence-electron chi connectivity index (χ3n) is 8.39. The van der Waals surface area contributed by atoms with E-state index in [1.165, 1.54) is 0 Å². The van der Waals surface area contributed by atoms with Crippen molar-refractivity contribution in [1.29, 1.82) is 0 Å². The molecule has 39 heavy (non-hydrogen) atoms. The summed E-state index contributed by atoms with van der Waals surface area (Å²) in [4.78, 5) is 45.1. The number of amides is 2. The van der Waals surface area contributed by atoms with Crippen LogP contribution in [0.3, 0.4) is 0 Å². The van der Waals surface area contributed by atoms with Gasteiger partial charge in [-0.15, -0.1) is 5.10 Å². The lowest BCUT2D eigenvalue weighted by Crippen LogP contribution is -2.56. The van der Waals surface area contributed by atoms with Crippen LogP contribution in [0.25, 0.3) is 11.0 Å². The zero-order chi connectivity index (χ0) is 27.2. The summed E-state index contributed by atoms with van der Waals surface area (Å²) >= 11 is 0. The Morgan fingerprint density at radius 2 is 1.90 bits per heavy atom. The molecule has 4 aliphatic rings. The Hall–Kier alpha value is -3.57. The fraction of sp³-hybridized carbons (Fsp3) is 0.536. The van der Waals surface area contributed by atoms with Gasteiger partial charge in [0.15, 0.2) is 0 Å². The van der Waals surface area contributed by atoms with E-state index in [9.17, 15) is 19.5 Å². The summed E-state index contributed by atoms with van der Waals surface area (Å²) in [6.07, 6.45) is 9.91. The van der Waals surface area contributed by atoms with Gasteiger partial charge in [0.1, 0.15) is 29.7 Å². The van der Waals surface area contributed by atoms with Crippen molar-refractivity contribution in [3.8, 4) is 0 Å². The smallest absolute Gasteiger partial charge is 0.313 e. The van der Waals surface area contributed by atoms with Gasteiger partial charge in [-0.25, -0.2) is 4.68 Å². The molecule has 0 bridgehead atoms. The fourth-order valence-corrected chi connectivity index (χ4v) is 6.66. The van der Waals surface area contributed by atoms with E-state index in [0.29, 0.717) is 32.2 Å². The minimum Gasteiger partial charge on any atom is -0.465 e. The predicted molar refractivity (Wildman–Crippen MR) is 139 cm³/mol. The number of carbonyl (C=O) groups is 3. The normalized spacial score (nSPS) is 32.1. The first-order chi connectivity index (χ1) is 18.9. The quantitative estimate of drug-likeness (QED) is 0.321. The molecule has 1 N–H and O–H groups in total. The van der Waals surface area contributed by atoms with Crippen LogP contribution in [-0.2, 0) is 30.5 Å². The van der Waals surface area contributed by atoms with Crippen molar-refractivity contribution in [2.24, 2.45) is 11.8 Å². The Balaban J connectivity index is 1.39. The van der Waals surface area contributed by atoms with Gasteiger partial charge in [0.05, 0.1) is 23.6 Å². The number of para-hydroxylation sites is 1. The molecule has 2 saturated heterocycles. The summed E-state index contributed by atoms with van der Waals surface area (Å²) in [6.45, 7) is 2.85. The van der Waals surface area contributed by atoms with Gasteiger partial charge in [-0.3, -0.25) is 14.4 Å². The Kier molecular flexibility index (Phi) is 6.50. The van der Waals surface area contributed by atoms with Crippen LogP contribution in [0.1, 0.15) is 32.6 Å². The summed E-state index contributed by atoms with van der Waals surface area (Å²) in [5, 5.41) is 17.7. The minimum atomic E-state index is -1.32. The number of aliphatic hydroxyl groups is 1. The van der Waals surface area contributed by atoms with Crippen LogP contribution in [0.2, 0.25) is 0 Å². The fourth-order valence-electron chi connectivity index (χ4n) is 6.66. The van der Waals surface area contributed by atoms with Gasteiger partial charge in [0, 0.05) is 19.7 Å². The zero-order valence-corrected chi connectivity index (χ0v) is 21.9. The molecule has 1 spiro atoms. The second kappa shape index (κ2) is 9.87. The van der Waals surface area contributed by atoms with Gasteiger partial charge in [-0.1, -0.05) is 41.7 Å². The van der Waals surface area contributed by atoms with Gasteiger partial charge in [0.2, 0.25) is 5.91 Å². The molecule has 11 heteroatoms. The molecular formula is C28H33N5O6. The van der Waals surface area contributed by atoms with E-state index in [-0.39, 0.29) is 38.2 Å². The van der Waals surface area contributed by atoms with Crippen molar-refractivity contribution in [2.75, 3.05) is 26.3 Å². The van der Waals surface area contributed by atoms with E-state index >= 15 is 0 Å². The summed E-state index contributed by atoms with van der Waals surface area (Å²) in [5.74, 6) is -2.81. The minimum absolute atomic E-state index is 0.0625. The van der Waals surface area contributed by atoms with Crippen LogP contribution in [0.4, 0.5) is 0 Å². The number of fused-ring (bicyclic) bond motifs is 3. The van der Waals surface area contributed by atoms with E-state index in [1.807, 2.05) is 48.6 Å². The highest BCUT2D eigenvalue weighted by molar-refractivity contribution is 5.99. The van der Waals surface area contributed by atoms with Crippen LogP contribution in [0.15, 0.2) is 48.6 Å². The monoisotopic (exact) mass is 535 g/mol. The van der Waals surface area contributed by atoms with Gasteiger partial charge < -0.3 is 24.4 Å². The number of ether oxygens (including phenoxy) is 2. The standard InChI is InChI=1S/C28H33N5O6/c1-27-12-5-8-17-38-26(37)22(27)21-24(35)32(15-6-2-7-16-34)23-25(36)31(14-9-13-28(21,23)39-27)18-33-20-11-4-3-10-19(20)29-30-33/h3-5,9-13,21-23,34H,2,6-8,14-18H2,1H3/t21-,22+,23?,27-,28-/m0/s1. The van der Waals surface area contributed by atoms with Crippen LogP contribution < -0.4 is 0 Å². The molecule has 1 aromatic heterocycles. The summed E-state index contributed by atoms with van der Waals surface area (Å²) < 4.78 is 13.9. The van der Waals surface area contributed by atoms with Gasteiger partial charge >= 0.3 is 5.97 Å². The number of unbranched alkanes of at least 4 members (excludes halogenated alkanes) is 2. The SMILES string of the molecule is C[C@]12C=CCCOC(=O)[C@H]1[C@H]1C(=O)N(CCCCCO)C3C(=O)N(Cn4nnc5ccccc54)CC=C[C@@]31O2. The van der Waals surface area contributed by atoms with E-state index in [1.54, 1.807) is 21.4 Å². The molecule has 0 aliphatic carbocycles. The van der Waals surface area contributed by atoms with Crippen molar-refractivity contribution in [3.63, 3.8) is 0 Å². The highest BCUT2D eigenvalue weighted by Crippen LogP contribution is 2.57. The maximum absolute atomic E-state index is 14.4. The molecule has 1 aromatic carbocycles. The number of cyclic esters (lactones) is 1. The Morgan fingerprint density at radius 3 is 2.74 bits per heavy atom. The molecule has 1 unspecified atom stereocenters. The van der Waals surface area contributed by atoms with Crippen molar-refractivity contribution >= 4 is 28.8 Å².